The number of hydrogen-bond acceptors (Lipinski definition) is 3. The van der Waals surface area contributed by atoms with Crippen LogP contribution in [0.3, 0.4) is 0 Å². The molecule has 2 N–H and O–H groups in total. The maximum absolute atomic E-state index is 13.1. The van der Waals surface area contributed by atoms with Gasteiger partial charge in [0.05, 0.1) is 10.9 Å². The van der Waals surface area contributed by atoms with Crippen LogP contribution in [0.1, 0.15) is 18.7 Å². The predicted molar refractivity (Wildman–Crippen MR) is 90.3 cm³/mol. The van der Waals surface area contributed by atoms with Crippen LogP contribution in [0.2, 0.25) is 0 Å². The van der Waals surface area contributed by atoms with Gasteiger partial charge in [-0.05, 0) is 30.7 Å². The summed E-state index contributed by atoms with van der Waals surface area (Å²) in [5.41, 5.74) is 0.445. The number of para-hydroxylation sites is 1. The van der Waals surface area contributed by atoms with Gasteiger partial charge < -0.3 is 10.3 Å². The van der Waals surface area contributed by atoms with Gasteiger partial charge in [-0.1, -0.05) is 12.1 Å². The first-order valence-electron chi connectivity index (χ1n) is 7.75. The van der Waals surface area contributed by atoms with Gasteiger partial charge in [-0.15, -0.1) is 0 Å². The van der Waals surface area contributed by atoms with Crippen molar-refractivity contribution < 1.29 is 13.6 Å². The molecule has 1 amide bonds. The molecule has 0 unspecified atom stereocenters. The number of carbonyl (C=O) groups is 1. The third-order valence-electron chi connectivity index (χ3n) is 3.63. The van der Waals surface area contributed by atoms with E-state index in [0.29, 0.717) is 29.6 Å². The Kier molecular flexibility index (Phi) is 4.83. The average Bonchev–Trinajstić information content (AvgIpc) is 2.54. The first-order chi connectivity index (χ1) is 12.0. The van der Waals surface area contributed by atoms with Gasteiger partial charge in [0.2, 0.25) is 5.91 Å². The van der Waals surface area contributed by atoms with Gasteiger partial charge in [0.1, 0.15) is 17.5 Å². The second-order valence-electron chi connectivity index (χ2n) is 5.59. The van der Waals surface area contributed by atoms with Gasteiger partial charge >= 0.3 is 0 Å². The SMILES string of the molecule is O=C(CCCc1nc2ccccc2c(=O)[nH]1)Nc1cc(F)cc(F)c1. The van der Waals surface area contributed by atoms with Crippen molar-refractivity contribution in [3.63, 3.8) is 0 Å². The molecule has 0 aliphatic heterocycles. The number of aromatic nitrogens is 2. The second kappa shape index (κ2) is 7.21. The van der Waals surface area contributed by atoms with Gasteiger partial charge in [-0.2, -0.15) is 0 Å². The maximum Gasteiger partial charge on any atom is 0.258 e. The Morgan fingerprint density at radius 2 is 1.84 bits per heavy atom. The fraction of sp³-hybridized carbons (Fsp3) is 0.167. The van der Waals surface area contributed by atoms with Crippen LogP contribution in [0.5, 0.6) is 0 Å². The zero-order valence-corrected chi connectivity index (χ0v) is 13.2. The number of hydrogen-bond donors (Lipinski definition) is 2. The summed E-state index contributed by atoms with van der Waals surface area (Å²) in [7, 11) is 0. The van der Waals surface area contributed by atoms with E-state index in [9.17, 15) is 18.4 Å². The summed E-state index contributed by atoms with van der Waals surface area (Å²) in [5.74, 6) is -1.39. The number of aryl methyl sites for hydroxylation is 1. The Morgan fingerprint density at radius 1 is 1.12 bits per heavy atom. The summed E-state index contributed by atoms with van der Waals surface area (Å²) < 4.78 is 26.2. The molecule has 0 saturated heterocycles. The molecule has 7 heteroatoms. The summed E-state index contributed by atoms with van der Waals surface area (Å²) in [6.07, 6.45) is 0.977. The van der Waals surface area contributed by atoms with Gasteiger partial charge in [0, 0.05) is 24.6 Å². The number of nitrogens with zero attached hydrogens (tertiary/aromatic N) is 1. The summed E-state index contributed by atoms with van der Waals surface area (Å²) in [4.78, 5) is 30.9. The maximum atomic E-state index is 13.1. The van der Waals surface area contributed by atoms with E-state index in [0.717, 1.165) is 18.2 Å². The standard InChI is InChI=1S/C18H15F2N3O2/c19-11-8-12(20)10-13(9-11)21-17(24)7-3-6-16-22-15-5-2-1-4-14(15)18(25)23-16/h1-2,4-5,8-10H,3,6-7H2,(H,21,24)(H,22,23,25). The number of amides is 1. The summed E-state index contributed by atoms with van der Waals surface area (Å²) in [5, 5.41) is 2.95. The molecule has 128 valence electrons. The molecule has 3 rings (SSSR count). The van der Waals surface area contributed by atoms with Gasteiger partial charge in [-0.25, -0.2) is 13.8 Å². The Hall–Kier alpha value is -3.09. The highest BCUT2D eigenvalue weighted by atomic mass is 19.1. The number of carbonyl (C=O) groups excluding carboxylic acids is 1. The van der Waals surface area contributed by atoms with Crippen LogP contribution < -0.4 is 10.9 Å². The van der Waals surface area contributed by atoms with Crippen LogP contribution in [0.15, 0.2) is 47.3 Å². The van der Waals surface area contributed by atoms with E-state index in [4.69, 9.17) is 0 Å². The number of H-pyrrole nitrogens is 1. The lowest BCUT2D eigenvalue weighted by Gasteiger charge is -2.06. The number of nitrogens with one attached hydrogen (secondary N) is 2. The molecule has 0 spiro atoms. The van der Waals surface area contributed by atoms with E-state index in [1.54, 1.807) is 24.3 Å². The lowest BCUT2D eigenvalue weighted by atomic mass is 10.2. The molecule has 0 bridgehead atoms. The van der Waals surface area contributed by atoms with Crippen molar-refractivity contribution in [2.24, 2.45) is 0 Å². The molecule has 0 atom stereocenters. The van der Waals surface area contributed by atoms with E-state index in [-0.39, 0.29) is 23.6 Å². The number of anilines is 1. The molecule has 0 saturated carbocycles. The van der Waals surface area contributed by atoms with Crippen LogP contribution in [-0.2, 0) is 11.2 Å². The molecule has 25 heavy (non-hydrogen) atoms. The Balaban J connectivity index is 1.59. The van der Waals surface area contributed by atoms with E-state index in [1.807, 2.05) is 0 Å². The minimum atomic E-state index is -0.756. The van der Waals surface area contributed by atoms with Crippen molar-refractivity contribution in [1.29, 1.82) is 0 Å². The number of rotatable bonds is 5. The molecule has 0 radical (unpaired) electrons. The number of benzene rings is 2. The summed E-state index contributed by atoms with van der Waals surface area (Å²) in [6, 6.07) is 9.82. The topological polar surface area (TPSA) is 74.8 Å². The molecule has 0 aliphatic carbocycles. The minimum Gasteiger partial charge on any atom is -0.326 e. The predicted octanol–water partition coefficient (Wildman–Crippen LogP) is 3.16. The molecule has 2 aromatic carbocycles. The fourth-order valence-corrected chi connectivity index (χ4v) is 2.52. The van der Waals surface area contributed by atoms with Crippen molar-refractivity contribution in [3.05, 3.63) is 70.3 Å². The first-order valence-corrected chi connectivity index (χ1v) is 7.75. The number of aromatic amines is 1. The third-order valence-corrected chi connectivity index (χ3v) is 3.63. The second-order valence-corrected chi connectivity index (χ2v) is 5.59. The monoisotopic (exact) mass is 343 g/mol. The van der Waals surface area contributed by atoms with Crippen LogP contribution in [-0.4, -0.2) is 15.9 Å². The highest BCUT2D eigenvalue weighted by molar-refractivity contribution is 5.90. The van der Waals surface area contributed by atoms with Crippen molar-refractivity contribution in [3.8, 4) is 0 Å². The molecule has 3 aromatic rings. The lowest BCUT2D eigenvalue weighted by molar-refractivity contribution is -0.116. The van der Waals surface area contributed by atoms with E-state index >= 15 is 0 Å². The summed E-state index contributed by atoms with van der Waals surface area (Å²) in [6.45, 7) is 0. The summed E-state index contributed by atoms with van der Waals surface area (Å²) >= 11 is 0. The smallest absolute Gasteiger partial charge is 0.258 e. The average molecular weight is 343 g/mol. The van der Waals surface area contributed by atoms with Gasteiger partial charge in [0.25, 0.3) is 5.56 Å². The Bertz CT molecular complexity index is 965. The molecule has 5 nitrogen and oxygen atoms in total. The van der Waals surface area contributed by atoms with Crippen LogP contribution >= 0.6 is 0 Å². The minimum absolute atomic E-state index is 0.0692. The molecule has 1 heterocycles. The van der Waals surface area contributed by atoms with Crippen LogP contribution in [0.25, 0.3) is 10.9 Å². The van der Waals surface area contributed by atoms with Crippen LogP contribution in [0.4, 0.5) is 14.5 Å². The van der Waals surface area contributed by atoms with E-state index in [2.05, 4.69) is 15.3 Å². The Morgan fingerprint density at radius 3 is 2.60 bits per heavy atom. The molecule has 0 aliphatic rings. The van der Waals surface area contributed by atoms with Gasteiger partial charge in [0.15, 0.2) is 0 Å². The lowest BCUT2D eigenvalue weighted by Crippen LogP contribution is -2.14. The Labute approximate surface area is 141 Å². The van der Waals surface area contributed by atoms with E-state index in [1.165, 1.54) is 0 Å². The number of halogens is 2. The molecule has 0 fully saturated rings. The van der Waals surface area contributed by atoms with Gasteiger partial charge in [-0.3, -0.25) is 9.59 Å². The largest absolute Gasteiger partial charge is 0.326 e. The quantitative estimate of drug-likeness (QED) is 0.747. The van der Waals surface area contributed by atoms with Crippen molar-refractivity contribution in [2.75, 3.05) is 5.32 Å². The molecule has 1 aromatic heterocycles. The van der Waals surface area contributed by atoms with Crippen LogP contribution in [0, 0.1) is 11.6 Å². The molecular formula is C18H15F2N3O2. The third kappa shape index (κ3) is 4.26. The highest BCUT2D eigenvalue weighted by Crippen LogP contribution is 2.13. The van der Waals surface area contributed by atoms with Crippen molar-refractivity contribution >= 4 is 22.5 Å². The first kappa shape index (κ1) is 16.8. The normalized spacial score (nSPS) is 10.8. The van der Waals surface area contributed by atoms with Crippen molar-refractivity contribution in [1.82, 2.24) is 9.97 Å². The zero-order chi connectivity index (χ0) is 17.8. The van der Waals surface area contributed by atoms with E-state index < -0.39 is 11.6 Å². The zero-order valence-electron chi connectivity index (χ0n) is 13.2. The van der Waals surface area contributed by atoms with Crippen molar-refractivity contribution in [2.45, 2.75) is 19.3 Å². The molecular weight excluding hydrogens is 328 g/mol. The highest BCUT2D eigenvalue weighted by Gasteiger charge is 2.07. The fourth-order valence-electron chi connectivity index (χ4n) is 2.52. The number of fused-ring (bicyclic) bond motifs is 1.